The van der Waals surface area contributed by atoms with Crippen LogP contribution in [0.1, 0.15) is 56.7 Å². The van der Waals surface area contributed by atoms with Gasteiger partial charge in [0.15, 0.2) is 11.5 Å². The van der Waals surface area contributed by atoms with Gasteiger partial charge < -0.3 is 20.4 Å². The number of hydrogen-bond donors (Lipinski definition) is 3. The number of benzene rings is 3. The van der Waals surface area contributed by atoms with Crippen LogP contribution in [0.2, 0.25) is 0 Å². The standard InChI is InChI=1S/C29H31N3O5S/c33-26-17-22(28(35)30-18-20-7-3-1-4-8-20)16-25(27(26)34)29(36)31-14-11-21-9-10-24(15-23(21)19-31)38(37)32-12-5-2-6-13-32/h1,3-4,7-10,15-17,33-34H,2,5-6,11-14,18-19H2,(H,30,35). The maximum absolute atomic E-state index is 13.5. The SMILES string of the molecule is O=C(NCc1ccccc1)c1cc(O)c(O)c(C(=O)N2CCc3ccc(S(=O)N4CCCCC4)cc3C2)c1. The van der Waals surface area contributed by atoms with E-state index in [2.05, 4.69) is 5.32 Å². The molecule has 5 rings (SSSR count). The lowest BCUT2D eigenvalue weighted by Gasteiger charge is -2.30. The van der Waals surface area contributed by atoms with Gasteiger partial charge in [-0.2, -0.15) is 0 Å². The van der Waals surface area contributed by atoms with Crippen LogP contribution >= 0.6 is 0 Å². The molecule has 3 N–H and O–H groups in total. The van der Waals surface area contributed by atoms with Gasteiger partial charge in [-0.1, -0.05) is 42.8 Å². The van der Waals surface area contributed by atoms with E-state index in [1.807, 2.05) is 52.8 Å². The van der Waals surface area contributed by atoms with E-state index in [9.17, 15) is 24.0 Å². The fourth-order valence-electron chi connectivity index (χ4n) is 4.96. The monoisotopic (exact) mass is 533 g/mol. The summed E-state index contributed by atoms with van der Waals surface area (Å²) in [6.45, 7) is 2.61. The van der Waals surface area contributed by atoms with Crippen molar-refractivity contribution >= 4 is 22.8 Å². The minimum atomic E-state index is -1.24. The zero-order valence-electron chi connectivity index (χ0n) is 21.1. The predicted octanol–water partition coefficient (Wildman–Crippen LogP) is 3.73. The van der Waals surface area contributed by atoms with Crippen molar-refractivity contribution in [2.24, 2.45) is 0 Å². The van der Waals surface area contributed by atoms with Crippen LogP contribution in [0.15, 0.2) is 65.6 Å². The van der Waals surface area contributed by atoms with Gasteiger partial charge >= 0.3 is 0 Å². The molecule has 1 atom stereocenters. The summed E-state index contributed by atoms with van der Waals surface area (Å²) in [6.07, 6.45) is 3.85. The van der Waals surface area contributed by atoms with Crippen molar-refractivity contribution in [1.29, 1.82) is 0 Å². The largest absolute Gasteiger partial charge is 0.504 e. The summed E-state index contributed by atoms with van der Waals surface area (Å²) in [5.41, 5.74) is 2.86. The number of hydrogen-bond acceptors (Lipinski definition) is 5. The van der Waals surface area contributed by atoms with E-state index in [0.29, 0.717) is 13.0 Å². The number of carbonyl (C=O) groups excluding carboxylic acids is 2. The lowest BCUT2D eigenvalue weighted by molar-refractivity contribution is 0.0730. The second-order valence-electron chi connectivity index (χ2n) is 9.71. The summed E-state index contributed by atoms with van der Waals surface area (Å²) < 4.78 is 15.1. The second-order valence-corrected chi connectivity index (χ2v) is 11.2. The number of rotatable bonds is 6. The first-order valence-corrected chi connectivity index (χ1v) is 14.0. The number of nitrogens with one attached hydrogen (secondary N) is 1. The number of nitrogens with zero attached hydrogens (tertiary/aromatic N) is 2. The Labute approximate surface area is 224 Å². The predicted molar refractivity (Wildman–Crippen MR) is 144 cm³/mol. The topological polar surface area (TPSA) is 110 Å². The number of phenols is 2. The molecule has 38 heavy (non-hydrogen) atoms. The van der Waals surface area contributed by atoms with Crippen LogP contribution in [-0.4, -0.2) is 55.1 Å². The lowest BCUT2D eigenvalue weighted by Crippen LogP contribution is -2.36. The molecule has 0 radical (unpaired) electrons. The smallest absolute Gasteiger partial charge is 0.258 e. The van der Waals surface area contributed by atoms with E-state index in [-0.39, 0.29) is 24.2 Å². The molecule has 1 saturated heterocycles. The first-order chi connectivity index (χ1) is 18.4. The summed E-state index contributed by atoms with van der Waals surface area (Å²) in [5.74, 6) is -2.03. The van der Waals surface area contributed by atoms with E-state index in [0.717, 1.165) is 60.0 Å². The molecule has 0 aliphatic carbocycles. The second kappa shape index (κ2) is 11.4. The number of amides is 2. The quantitative estimate of drug-likeness (QED) is 0.418. The van der Waals surface area contributed by atoms with Gasteiger partial charge in [0.25, 0.3) is 11.8 Å². The van der Waals surface area contributed by atoms with Gasteiger partial charge in [-0.15, -0.1) is 0 Å². The molecule has 9 heteroatoms. The van der Waals surface area contributed by atoms with Crippen molar-refractivity contribution in [3.63, 3.8) is 0 Å². The minimum absolute atomic E-state index is 0.0798. The zero-order valence-corrected chi connectivity index (χ0v) is 21.9. The fraction of sp³-hybridized carbons (Fsp3) is 0.310. The molecule has 3 aromatic rings. The molecule has 0 spiro atoms. The van der Waals surface area contributed by atoms with Gasteiger partial charge in [0.1, 0.15) is 11.0 Å². The molecular formula is C29H31N3O5S. The van der Waals surface area contributed by atoms with Gasteiger partial charge in [0, 0.05) is 38.3 Å². The van der Waals surface area contributed by atoms with Crippen LogP contribution in [0.4, 0.5) is 0 Å². The Hall–Kier alpha value is -3.69. The highest BCUT2D eigenvalue weighted by molar-refractivity contribution is 7.82. The Kier molecular flexibility index (Phi) is 7.76. The van der Waals surface area contributed by atoms with Crippen LogP contribution in [-0.2, 0) is 30.5 Å². The molecule has 2 heterocycles. The van der Waals surface area contributed by atoms with E-state index >= 15 is 0 Å². The summed E-state index contributed by atoms with van der Waals surface area (Å²) >= 11 is 0. The van der Waals surface area contributed by atoms with E-state index in [1.54, 1.807) is 4.90 Å². The summed E-state index contributed by atoms with van der Waals surface area (Å²) in [6, 6.07) is 17.6. The molecular weight excluding hydrogens is 502 g/mol. The molecule has 2 aliphatic heterocycles. The fourth-order valence-corrected chi connectivity index (χ4v) is 6.27. The Morgan fingerprint density at radius 3 is 2.42 bits per heavy atom. The summed E-state index contributed by atoms with van der Waals surface area (Å²) in [7, 11) is -1.24. The molecule has 198 valence electrons. The van der Waals surface area contributed by atoms with Crippen LogP contribution < -0.4 is 5.32 Å². The van der Waals surface area contributed by atoms with Gasteiger partial charge in [-0.05, 0) is 60.2 Å². The van der Waals surface area contributed by atoms with Crippen molar-refractivity contribution in [2.75, 3.05) is 19.6 Å². The highest BCUT2D eigenvalue weighted by atomic mass is 32.2. The molecule has 1 unspecified atom stereocenters. The van der Waals surface area contributed by atoms with Gasteiger partial charge in [0.2, 0.25) is 0 Å². The van der Waals surface area contributed by atoms with Crippen LogP contribution in [0.25, 0.3) is 0 Å². The zero-order chi connectivity index (χ0) is 26.6. The number of phenolic OH excluding ortho intramolecular Hbond substituents is 2. The lowest BCUT2D eigenvalue weighted by atomic mass is 9.98. The summed E-state index contributed by atoms with van der Waals surface area (Å²) in [5, 5.41) is 23.6. The molecule has 2 amide bonds. The van der Waals surface area contributed by atoms with Crippen molar-refractivity contribution in [2.45, 2.75) is 43.7 Å². The van der Waals surface area contributed by atoms with E-state index in [4.69, 9.17) is 0 Å². The van der Waals surface area contributed by atoms with Crippen LogP contribution in [0.5, 0.6) is 11.5 Å². The maximum atomic E-state index is 13.5. The number of piperidine rings is 1. The van der Waals surface area contributed by atoms with Crippen LogP contribution in [0.3, 0.4) is 0 Å². The van der Waals surface area contributed by atoms with Crippen molar-refractivity contribution in [1.82, 2.24) is 14.5 Å². The van der Waals surface area contributed by atoms with Crippen molar-refractivity contribution in [3.8, 4) is 11.5 Å². The third-order valence-electron chi connectivity index (χ3n) is 7.11. The molecule has 3 aromatic carbocycles. The highest BCUT2D eigenvalue weighted by Gasteiger charge is 2.27. The van der Waals surface area contributed by atoms with Crippen LogP contribution in [0, 0.1) is 0 Å². The van der Waals surface area contributed by atoms with Gasteiger partial charge in [0.05, 0.1) is 10.5 Å². The Balaban J connectivity index is 1.32. The summed E-state index contributed by atoms with van der Waals surface area (Å²) in [4.78, 5) is 28.5. The Morgan fingerprint density at radius 2 is 1.66 bits per heavy atom. The normalized spacial score (nSPS) is 16.5. The first kappa shape index (κ1) is 25.9. The Bertz CT molecular complexity index is 1370. The molecule has 0 aromatic heterocycles. The number of carbonyl (C=O) groups is 2. The molecule has 0 bridgehead atoms. The van der Waals surface area contributed by atoms with E-state index in [1.165, 1.54) is 6.07 Å². The molecule has 2 aliphatic rings. The number of fused-ring (bicyclic) bond motifs is 1. The third-order valence-corrected chi connectivity index (χ3v) is 8.60. The van der Waals surface area contributed by atoms with Crippen molar-refractivity contribution in [3.05, 3.63) is 88.5 Å². The maximum Gasteiger partial charge on any atom is 0.258 e. The molecule has 0 saturated carbocycles. The highest BCUT2D eigenvalue weighted by Crippen LogP contribution is 2.33. The molecule has 8 nitrogen and oxygen atoms in total. The van der Waals surface area contributed by atoms with Gasteiger partial charge in [-0.3, -0.25) is 9.59 Å². The minimum Gasteiger partial charge on any atom is -0.504 e. The third kappa shape index (κ3) is 5.58. The van der Waals surface area contributed by atoms with Crippen molar-refractivity contribution < 1.29 is 24.0 Å². The van der Waals surface area contributed by atoms with Gasteiger partial charge in [-0.25, -0.2) is 8.51 Å². The average Bonchev–Trinajstić information content (AvgIpc) is 2.96. The average molecular weight is 534 g/mol. The first-order valence-electron chi connectivity index (χ1n) is 12.9. The van der Waals surface area contributed by atoms with E-state index < -0.39 is 34.3 Å². The number of aromatic hydroxyl groups is 2. The molecule has 1 fully saturated rings. The Morgan fingerprint density at radius 1 is 0.895 bits per heavy atom.